The molecule has 3 atom stereocenters. The number of carbonyl (C=O) groups is 1. The van der Waals surface area contributed by atoms with Crippen LogP contribution in [0.1, 0.15) is 219 Å². The van der Waals surface area contributed by atoms with Gasteiger partial charge in [-0.25, -0.2) is 4.57 Å². The zero-order valence-electron chi connectivity index (χ0n) is 44.6. The lowest BCUT2D eigenvalue weighted by Gasteiger charge is -2.25. The summed E-state index contributed by atoms with van der Waals surface area (Å²) in [6.45, 7) is 4.64. The fourth-order valence-corrected chi connectivity index (χ4v) is 8.21. The quantitative estimate of drug-likeness (QED) is 0.0243. The van der Waals surface area contributed by atoms with Gasteiger partial charge < -0.3 is 19.8 Å². The van der Waals surface area contributed by atoms with E-state index in [1.807, 2.05) is 27.2 Å². The number of phosphoric acid groups is 1. The first-order valence-corrected chi connectivity index (χ1v) is 29.1. The lowest BCUT2D eigenvalue weighted by atomic mass is 10.0. The molecule has 392 valence electrons. The number of aliphatic hydroxyl groups is 1. The summed E-state index contributed by atoms with van der Waals surface area (Å²) in [5, 5.41) is 13.8. The summed E-state index contributed by atoms with van der Waals surface area (Å²) in [5.74, 6) is -0.191. The summed E-state index contributed by atoms with van der Waals surface area (Å²) >= 11 is 0. The fraction of sp³-hybridized carbons (Fsp3) is 0.712. The average Bonchev–Trinajstić information content (AvgIpc) is 3.30. The summed E-state index contributed by atoms with van der Waals surface area (Å²) in [5.41, 5.74) is 0. The van der Waals surface area contributed by atoms with Crippen molar-refractivity contribution in [1.29, 1.82) is 0 Å². The predicted octanol–water partition coefficient (Wildman–Crippen LogP) is 16.6. The van der Waals surface area contributed by atoms with Gasteiger partial charge in [-0.05, 0) is 83.5 Å². The Morgan fingerprint density at radius 2 is 0.897 bits per heavy atom. The highest BCUT2D eigenvalue weighted by molar-refractivity contribution is 7.47. The van der Waals surface area contributed by atoms with E-state index in [-0.39, 0.29) is 19.1 Å². The van der Waals surface area contributed by atoms with Crippen molar-refractivity contribution in [2.45, 2.75) is 231 Å². The van der Waals surface area contributed by atoms with Gasteiger partial charge in [-0.3, -0.25) is 13.8 Å². The molecule has 0 rings (SSSR count). The number of quaternary nitrogens is 1. The van der Waals surface area contributed by atoms with Crippen molar-refractivity contribution in [2.24, 2.45) is 0 Å². The van der Waals surface area contributed by atoms with Crippen LogP contribution in [0.3, 0.4) is 0 Å². The van der Waals surface area contributed by atoms with Crippen LogP contribution in [0.25, 0.3) is 0 Å². The predicted molar refractivity (Wildman–Crippen MR) is 295 cm³/mol. The SMILES string of the molecule is CC/C=C\C/C=C\C/C=C\C/C=C\C/C=C\C/C=C\CCCCCCCCCCCCCCCCCCC(=O)NC(COP(=O)(O)OCC[N+](C)(C)C)C(O)/C=C/CC/C=C/CCCCCCC. The van der Waals surface area contributed by atoms with E-state index in [1.165, 1.54) is 122 Å². The minimum Gasteiger partial charge on any atom is -0.387 e. The molecular formula is C59H106N2O6P+. The molecule has 8 nitrogen and oxygen atoms in total. The van der Waals surface area contributed by atoms with Gasteiger partial charge in [0.2, 0.25) is 5.91 Å². The van der Waals surface area contributed by atoms with Crippen molar-refractivity contribution in [1.82, 2.24) is 5.32 Å². The second kappa shape index (κ2) is 49.4. The maximum atomic E-state index is 12.9. The molecule has 9 heteroatoms. The van der Waals surface area contributed by atoms with Gasteiger partial charge in [0.25, 0.3) is 0 Å². The Morgan fingerprint density at radius 1 is 0.515 bits per heavy atom. The molecule has 0 saturated carbocycles. The topological polar surface area (TPSA) is 105 Å². The Bertz CT molecular complexity index is 1420. The molecule has 0 saturated heterocycles. The Morgan fingerprint density at radius 3 is 1.35 bits per heavy atom. The Kier molecular flexibility index (Phi) is 47.5. The van der Waals surface area contributed by atoms with Crippen molar-refractivity contribution in [3.05, 3.63) is 97.2 Å². The molecule has 0 heterocycles. The van der Waals surface area contributed by atoms with Gasteiger partial charge in [0.1, 0.15) is 13.2 Å². The van der Waals surface area contributed by atoms with Crippen LogP contribution in [0.15, 0.2) is 97.2 Å². The molecular weight excluding hydrogens is 864 g/mol. The molecule has 0 aliphatic rings. The fourth-order valence-electron chi connectivity index (χ4n) is 7.47. The van der Waals surface area contributed by atoms with Crippen LogP contribution in [0.5, 0.6) is 0 Å². The summed E-state index contributed by atoms with van der Waals surface area (Å²) < 4.78 is 23.6. The molecule has 68 heavy (non-hydrogen) atoms. The molecule has 1 amide bonds. The molecule has 0 aromatic carbocycles. The standard InChI is InChI=1S/C59H105N2O6P/c1-6-8-10-12-14-16-18-19-20-21-22-23-24-25-26-27-28-29-30-31-32-33-34-35-36-37-38-39-40-41-43-45-47-49-51-53-59(63)60-57(56-67-68(64,65)66-55-54-61(3,4)5)58(62)52-50-48-46-44-42-17-15-13-11-9-7-2/h8,10,14,16,19-20,22-23,25-26,28-29,42,44,50,52,57-58,62H,6-7,9,11-13,15,17-18,21,24,27,30-41,43,45-49,51,53-56H2,1-5H3,(H-,60,63,64,65)/p+1/b10-8-,16-14-,20-19-,23-22-,26-25-,29-28-,44-42+,52-50+. The van der Waals surface area contributed by atoms with E-state index in [1.54, 1.807) is 6.08 Å². The number of nitrogens with one attached hydrogen (secondary N) is 1. The third-order valence-corrected chi connectivity index (χ3v) is 12.8. The first kappa shape index (κ1) is 65.4. The van der Waals surface area contributed by atoms with Crippen molar-refractivity contribution >= 4 is 13.7 Å². The molecule has 0 aliphatic carbocycles. The van der Waals surface area contributed by atoms with Crippen molar-refractivity contribution in [2.75, 3.05) is 40.9 Å². The van der Waals surface area contributed by atoms with Crippen molar-refractivity contribution in [3.8, 4) is 0 Å². The summed E-state index contributed by atoms with van der Waals surface area (Å²) in [4.78, 5) is 23.2. The van der Waals surface area contributed by atoms with Crippen LogP contribution in [-0.4, -0.2) is 73.4 Å². The summed E-state index contributed by atoms with van der Waals surface area (Å²) in [7, 11) is 1.55. The summed E-state index contributed by atoms with van der Waals surface area (Å²) in [6, 6.07) is -0.866. The number of aliphatic hydroxyl groups excluding tert-OH is 1. The number of hydrogen-bond donors (Lipinski definition) is 3. The highest BCUT2D eigenvalue weighted by atomic mass is 31.2. The molecule has 0 bridgehead atoms. The Hall–Kier alpha value is -2.58. The zero-order valence-corrected chi connectivity index (χ0v) is 45.5. The van der Waals surface area contributed by atoms with Gasteiger partial charge in [-0.2, -0.15) is 0 Å². The lowest BCUT2D eigenvalue weighted by Crippen LogP contribution is -2.45. The molecule has 0 spiro atoms. The molecule has 0 aliphatic heterocycles. The smallest absolute Gasteiger partial charge is 0.387 e. The van der Waals surface area contributed by atoms with Crippen LogP contribution in [0, 0.1) is 0 Å². The average molecular weight is 970 g/mol. The number of unbranched alkanes of at least 4 members (excludes halogenated alkanes) is 22. The van der Waals surface area contributed by atoms with Gasteiger partial charge >= 0.3 is 7.82 Å². The van der Waals surface area contributed by atoms with E-state index in [0.717, 1.165) is 77.0 Å². The minimum absolute atomic E-state index is 0.0531. The van der Waals surface area contributed by atoms with Crippen molar-refractivity contribution < 1.29 is 32.9 Å². The lowest BCUT2D eigenvalue weighted by molar-refractivity contribution is -0.870. The number of phosphoric ester groups is 1. The number of amides is 1. The van der Waals surface area contributed by atoms with Crippen LogP contribution in [0.2, 0.25) is 0 Å². The molecule has 3 N–H and O–H groups in total. The summed E-state index contributed by atoms with van der Waals surface area (Å²) in [6.07, 6.45) is 70.9. The van der Waals surface area contributed by atoms with Crippen LogP contribution >= 0.6 is 7.82 Å². The second-order valence-corrected chi connectivity index (χ2v) is 21.0. The maximum Gasteiger partial charge on any atom is 0.472 e. The Labute approximate surface area is 419 Å². The number of rotatable bonds is 49. The van der Waals surface area contributed by atoms with E-state index in [0.29, 0.717) is 17.4 Å². The van der Waals surface area contributed by atoms with Gasteiger partial charge in [0.05, 0.1) is 39.9 Å². The molecule has 3 unspecified atom stereocenters. The molecule has 0 radical (unpaired) electrons. The molecule has 0 fully saturated rings. The minimum atomic E-state index is -4.35. The monoisotopic (exact) mass is 970 g/mol. The van der Waals surface area contributed by atoms with Gasteiger partial charge in [-0.1, -0.05) is 227 Å². The highest BCUT2D eigenvalue weighted by Crippen LogP contribution is 2.43. The van der Waals surface area contributed by atoms with E-state index in [9.17, 15) is 19.4 Å². The number of hydrogen-bond acceptors (Lipinski definition) is 5. The van der Waals surface area contributed by atoms with E-state index in [2.05, 4.69) is 104 Å². The van der Waals surface area contributed by atoms with Crippen LogP contribution in [-0.2, 0) is 18.4 Å². The largest absolute Gasteiger partial charge is 0.472 e. The Balaban J connectivity index is 4.03. The first-order valence-electron chi connectivity index (χ1n) is 27.6. The second-order valence-electron chi connectivity index (χ2n) is 19.6. The maximum absolute atomic E-state index is 12.9. The van der Waals surface area contributed by atoms with Crippen LogP contribution in [0.4, 0.5) is 0 Å². The number of carbonyl (C=O) groups excluding carboxylic acids is 1. The molecule has 0 aromatic heterocycles. The first-order chi connectivity index (χ1) is 33.0. The number of nitrogens with zero attached hydrogens (tertiary/aromatic N) is 1. The zero-order chi connectivity index (χ0) is 49.9. The molecule has 0 aromatic rings. The van der Waals surface area contributed by atoms with Gasteiger partial charge in [-0.15, -0.1) is 0 Å². The van der Waals surface area contributed by atoms with Gasteiger partial charge in [0, 0.05) is 6.42 Å². The van der Waals surface area contributed by atoms with E-state index >= 15 is 0 Å². The third kappa shape index (κ3) is 51.3. The number of allylic oxidation sites excluding steroid dienone is 15. The van der Waals surface area contributed by atoms with Crippen molar-refractivity contribution in [3.63, 3.8) is 0 Å². The van der Waals surface area contributed by atoms with Crippen LogP contribution < -0.4 is 5.32 Å². The highest BCUT2D eigenvalue weighted by Gasteiger charge is 2.27. The van der Waals surface area contributed by atoms with E-state index in [4.69, 9.17) is 9.05 Å². The third-order valence-electron chi connectivity index (χ3n) is 11.8. The normalized spacial score (nSPS) is 14.8. The number of likely N-dealkylation sites (N-methyl/N-ethyl adjacent to an activating group) is 1. The van der Waals surface area contributed by atoms with Gasteiger partial charge in [0.15, 0.2) is 0 Å². The van der Waals surface area contributed by atoms with E-state index < -0.39 is 20.0 Å².